The lowest BCUT2D eigenvalue weighted by atomic mass is 9.95. The van der Waals surface area contributed by atoms with Crippen molar-refractivity contribution in [1.82, 2.24) is 4.90 Å². The van der Waals surface area contributed by atoms with Gasteiger partial charge in [0, 0.05) is 18.6 Å². The molecule has 2 unspecified atom stereocenters. The lowest BCUT2D eigenvalue weighted by molar-refractivity contribution is 0.201. The Hall–Kier alpha value is -1.64. The van der Waals surface area contributed by atoms with E-state index in [-0.39, 0.29) is 12.1 Å². The summed E-state index contributed by atoms with van der Waals surface area (Å²) in [5.74, 6) is 0. The Balaban J connectivity index is 2.21. The number of hydrogen-bond donors (Lipinski definition) is 1. The van der Waals surface area contributed by atoms with Crippen molar-refractivity contribution in [2.45, 2.75) is 38.9 Å². The summed E-state index contributed by atoms with van der Waals surface area (Å²) in [6.07, 6.45) is 0.970. The van der Waals surface area contributed by atoms with Gasteiger partial charge in [-0.1, -0.05) is 67.1 Å². The van der Waals surface area contributed by atoms with Gasteiger partial charge in [-0.2, -0.15) is 0 Å². The fourth-order valence-corrected chi connectivity index (χ4v) is 2.79. The van der Waals surface area contributed by atoms with Crippen molar-refractivity contribution in [3.8, 4) is 0 Å². The first kappa shape index (κ1) is 15.7. The molecule has 0 aliphatic rings. The molecule has 0 saturated heterocycles. The first-order valence-corrected chi connectivity index (χ1v) is 7.68. The number of nitrogens with zero attached hydrogens (tertiary/aromatic N) is 1. The van der Waals surface area contributed by atoms with E-state index in [0.717, 1.165) is 13.0 Å². The topological polar surface area (TPSA) is 29.3 Å². The first-order chi connectivity index (χ1) is 10.1. The van der Waals surface area contributed by atoms with Crippen LogP contribution in [0.15, 0.2) is 54.6 Å². The molecule has 0 saturated carbocycles. The second-order valence-corrected chi connectivity index (χ2v) is 5.83. The van der Waals surface area contributed by atoms with Crippen LogP contribution in [0.5, 0.6) is 0 Å². The van der Waals surface area contributed by atoms with E-state index in [9.17, 15) is 0 Å². The summed E-state index contributed by atoms with van der Waals surface area (Å²) < 4.78 is 0. The van der Waals surface area contributed by atoms with E-state index < -0.39 is 0 Å². The highest BCUT2D eigenvalue weighted by Gasteiger charge is 2.23. The number of nitrogens with two attached hydrogens (primary N) is 1. The molecule has 2 aromatic rings. The SMILES string of the molecule is CCC(N)C(c1ccc(C)cc1)N(C)Cc1ccccc1. The van der Waals surface area contributed by atoms with Crippen LogP contribution in [0.4, 0.5) is 0 Å². The number of rotatable bonds is 6. The molecule has 2 aromatic carbocycles. The normalized spacial score (nSPS) is 14.1. The van der Waals surface area contributed by atoms with Crippen molar-refractivity contribution >= 4 is 0 Å². The highest BCUT2D eigenvalue weighted by Crippen LogP contribution is 2.25. The van der Waals surface area contributed by atoms with Gasteiger partial charge in [0.25, 0.3) is 0 Å². The molecule has 0 spiro atoms. The summed E-state index contributed by atoms with van der Waals surface area (Å²) in [5.41, 5.74) is 10.3. The quantitative estimate of drug-likeness (QED) is 0.870. The van der Waals surface area contributed by atoms with Crippen molar-refractivity contribution in [3.63, 3.8) is 0 Å². The number of hydrogen-bond acceptors (Lipinski definition) is 2. The molecule has 0 bridgehead atoms. The van der Waals surface area contributed by atoms with Gasteiger partial charge < -0.3 is 5.73 Å². The molecule has 2 N–H and O–H groups in total. The van der Waals surface area contributed by atoms with E-state index in [1.807, 2.05) is 0 Å². The molecule has 0 amide bonds. The average Bonchev–Trinajstić information content (AvgIpc) is 2.50. The third-order valence-electron chi connectivity index (χ3n) is 4.05. The average molecular weight is 282 g/mol. The molecular formula is C19H26N2. The summed E-state index contributed by atoms with van der Waals surface area (Å²) in [4.78, 5) is 2.36. The molecule has 2 heteroatoms. The maximum Gasteiger partial charge on any atom is 0.0499 e. The summed E-state index contributed by atoms with van der Waals surface area (Å²) in [5, 5.41) is 0. The molecule has 0 radical (unpaired) electrons. The third-order valence-corrected chi connectivity index (χ3v) is 4.05. The Kier molecular flexibility index (Phi) is 5.54. The van der Waals surface area contributed by atoms with Crippen LogP contribution in [0.1, 0.15) is 36.1 Å². The highest BCUT2D eigenvalue weighted by molar-refractivity contribution is 5.26. The maximum atomic E-state index is 6.40. The molecule has 0 aliphatic carbocycles. The minimum atomic E-state index is 0.140. The minimum absolute atomic E-state index is 0.140. The van der Waals surface area contributed by atoms with Crippen LogP contribution in [-0.4, -0.2) is 18.0 Å². The summed E-state index contributed by atoms with van der Waals surface area (Å²) in [6, 6.07) is 19.7. The van der Waals surface area contributed by atoms with Gasteiger partial charge >= 0.3 is 0 Å². The van der Waals surface area contributed by atoms with E-state index in [2.05, 4.69) is 80.4 Å². The third kappa shape index (κ3) is 4.16. The molecule has 21 heavy (non-hydrogen) atoms. The predicted molar refractivity (Wildman–Crippen MR) is 90.1 cm³/mol. The lowest BCUT2D eigenvalue weighted by Crippen LogP contribution is -2.38. The Morgan fingerprint density at radius 1 is 1.00 bits per heavy atom. The van der Waals surface area contributed by atoms with Gasteiger partial charge in [0.05, 0.1) is 0 Å². The van der Waals surface area contributed by atoms with Gasteiger partial charge in [-0.3, -0.25) is 4.90 Å². The van der Waals surface area contributed by atoms with Crippen LogP contribution in [0.25, 0.3) is 0 Å². The summed E-state index contributed by atoms with van der Waals surface area (Å²) in [6.45, 7) is 5.18. The smallest absolute Gasteiger partial charge is 0.0499 e. The van der Waals surface area contributed by atoms with Crippen molar-refractivity contribution in [2.24, 2.45) is 5.73 Å². The number of aryl methyl sites for hydroxylation is 1. The van der Waals surface area contributed by atoms with E-state index in [0.29, 0.717) is 0 Å². The van der Waals surface area contributed by atoms with Gasteiger partial charge in [-0.05, 0) is 31.5 Å². The predicted octanol–water partition coefficient (Wildman–Crippen LogP) is 3.91. The van der Waals surface area contributed by atoms with Crippen LogP contribution in [0.2, 0.25) is 0 Å². The molecular weight excluding hydrogens is 256 g/mol. The molecule has 2 nitrogen and oxygen atoms in total. The molecule has 0 aromatic heterocycles. The van der Waals surface area contributed by atoms with Gasteiger partial charge in [0.15, 0.2) is 0 Å². The molecule has 112 valence electrons. The summed E-state index contributed by atoms with van der Waals surface area (Å²) in [7, 11) is 2.16. The monoisotopic (exact) mass is 282 g/mol. The standard InChI is InChI=1S/C19H26N2/c1-4-18(20)19(17-12-10-15(2)11-13-17)21(3)14-16-8-6-5-7-9-16/h5-13,18-19H,4,14,20H2,1-3H3. The zero-order chi connectivity index (χ0) is 15.2. The maximum absolute atomic E-state index is 6.40. The zero-order valence-corrected chi connectivity index (χ0v) is 13.3. The minimum Gasteiger partial charge on any atom is -0.326 e. The second kappa shape index (κ2) is 7.39. The van der Waals surface area contributed by atoms with E-state index in [4.69, 9.17) is 5.73 Å². The van der Waals surface area contributed by atoms with Crippen LogP contribution < -0.4 is 5.73 Å². The van der Waals surface area contributed by atoms with E-state index >= 15 is 0 Å². The Bertz CT molecular complexity index is 533. The Morgan fingerprint density at radius 2 is 1.62 bits per heavy atom. The largest absolute Gasteiger partial charge is 0.326 e. The van der Waals surface area contributed by atoms with Gasteiger partial charge in [0.1, 0.15) is 0 Å². The van der Waals surface area contributed by atoms with Crippen LogP contribution >= 0.6 is 0 Å². The van der Waals surface area contributed by atoms with Crippen LogP contribution in [-0.2, 0) is 6.54 Å². The molecule has 2 atom stereocenters. The van der Waals surface area contributed by atoms with Crippen LogP contribution in [0, 0.1) is 6.92 Å². The van der Waals surface area contributed by atoms with Gasteiger partial charge in [-0.15, -0.1) is 0 Å². The molecule has 0 fully saturated rings. The molecule has 0 aliphatic heterocycles. The van der Waals surface area contributed by atoms with Crippen LogP contribution in [0.3, 0.4) is 0 Å². The van der Waals surface area contributed by atoms with Crippen molar-refractivity contribution in [1.29, 1.82) is 0 Å². The van der Waals surface area contributed by atoms with Gasteiger partial charge in [-0.25, -0.2) is 0 Å². The first-order valence-electron chi connectivity index (χ1n) is 7.68. The number of likely N-dealkylation sites (N-methyl/N-ethyl adjacent to an activating group) is 1. The fraction of sp³-hybridized carbons (Fsp3) is 0.368. The van der Waals surface area contributed by atoms with Gasteiger partial charge in [0.2, 0.25) is 0 Å². The number of benzene rings is 2. The van der Waals surface area contributed by atoms with Crippen molar-refractivity contribution in [3.05, 3.63) is 71.3 Å². The lowest BCUT2D eigenvalue weighted by Gasteiger charge is -2.33. The zero-order valence-electron chi connectivity index (χ0n) is 13.3. The Morgan fingerprint density at radius 3 is 2.19 bits per heavy atom. The van der Waals surface area contributed by atoms with Crippen molar-refractivity contribution in [2.75, 3.05) is 7.05 Å². The van der Waals surface area contributed by atoms with E-state index in [1.165, 1.54) is 16.7 Å². The second-order valence-electron chi connectivity index (χ2n) is 5.83. The molecule has 0 heterocycles. The molecule has 2 rings (SSSR count). The summed E-state index contributed by atoms with van der Waals surface area (Å²) >= 11 is 0. The van der Waals surface area contributed by atoms with E-state index in [1.54, 1.807) is 0 Å². The van der Waals surface area contributed by atoms with Crippen molar-refractivity contribution < 1.29 is 0 Å². The highest BCUT2D eigenvalue weighted by atomic mass is 15.1. The Labute approximate surface area is 128 Å². The fourth-order valence-electron chi connectivity index (χ4n) is 2.79.